The number of rotatable bonds is 3. The van der Waals surface area contributed by atoms with E-state index in [0.29, 0.717) is 10.7 Å². The van der Waals surface area contributed by atoms with Crippen molar-refractivity contribution >= 4 is 66.9 Å². The lowest BCUT2D eigenvalue weighted by molar-refractivity contribution is 0.102. The molecule has 0 aliphatic rings. The Morgan fingerprint density at radius 1 is 1.29 bits per heavy atom. The zero-order chi connectivity index (χ0) is 14.8. The van der Waals surface area contributed by atoms with Crippen molar-refractivity contribution in [2.75, 3.05) is 11.6 Å². The minimum atomic E-state index is -0.121. The van der Waals surface area contributed by atoms with Gasteiger partial charge in [-0.1, -0.05) is 23.5 Å². The van der Waals surface area contributed by atoms with Gasteiger partial charge in [-0.05, 0) is 59.2 Å². The van der Waals surface area contributed by atoms with Gasteiger partial charge in [0.2, 0.25) is 0 Å². The molecule has 0 aliphatic carbocycles. The first-order chi connectivity index (χ1) is 10.2. The molecule has 0 radical (unpaired) electrons. The summed E-state index contributed by atoms with van der Waals surface area (Å²) in [5, 5.41) is 3.52. The Kier molecular flexibility index (Phi) is 4.46. The van der Waals surface area contributed by atoms with Crippen molar-refractivity contribution in [3.05, 3.63) is 51.6 Å². The van der Waals surface area contributed by atoms with Gasteiger partial charge in [0.1, 0.15) is 0 Å². The summed E-state index contributed by atoms with van der Waals surface area (Å²) < 4.78 is 2.01. The minimum Gasteiger partial charge on any atom is -0.298 e. The molecule has 2 aromatic carbocycles. The Morgan fingerprint density at radius 2 is 2.10 bits per heavy atom. The second kappa shape index (κ2) is 6.33. The van der Waals surface area contributed by atoms with Crippen LogP contribution in [0.15, 0.2) is 47.4 Å². The predicted octanol–water partition coefficient (Wildman–Crippen LogP) is 4.88. The van der Waals surface area contributed by atoms with Gasteiger partial charge in [-0.15, -0.1) is 11.8 Å². The number of nitrogens with zero attached hydrogens (tertiary/aromatic N) is 1. The number of carbonyl (C=O) groups is 1. The van der Waals surface area contributed by atoms with E-state index in [1.165, 1.54) is 16.2 Å². The van der Waals surface area contributed by atoms with Gasteiger partial charge >= 0.3 is 0 Å². The first-order valence-corrected chi connectivity index (χ1v) is 9.30. The largest absolute Gasteiger partial charge is 0.298 e. The Labute approximate surface area is 144 Å². The van der Waals surface area contributed by atoms with E-state index in [-0.39, 0.29) is 5.91 Å². The Morgan fingerprint density at radius 3 is 2.86 bits per heavy atom. The normalized spacial score (nSPS) is 10.8. The number of aromatic nitrogens is 1. The van der Waals surface area contributed by atoms with E-state index in [2.05, 4.69) is 39.0 Å². The number of amides is 1. The second-order valence-corrected chi connectivity index (χ2v) is 7.36. The van der Waals surface area contributed by atoms with E-state index in [9.17, 15) is 4.79 Å². The third kappa shape index (κ3) is 3.22. The van der Waals surface area contributed by atoms with Crippen LogP contribution in [0.4, 0.5) is 5.13 Å². The van der Waals surface area contributed by atoms with Crippen LogP contribution in [0.3, 0.4) is 0 Å². The van der Waals surface area contributed by atoms with Crippen molar-refractivity contribution in [1.29, 1.82) is 0 Å². The molecule has 0 atom stereocenters. The molecule has 3 aromatic rings. The van der Waals surface area contributed by atoms with Crippen LogP contribution < -0.4 is 5.32 Å². The molecule has 0 spiro atoms. The molecule has 106 valence electrons. The number of carbonyl (C=O) groups excluding carboxylic acids is 1. The van der Waals surface area contributed by atoms with E-state index in [1.54, 1.807) is 11.8 Å². The summed E-state index contributed by atoms with van der Waals surface area (Å²) in [5.41, 5.74) is 1.58. The van der Waals surface area contributed by atoms with Gasteiger partial charge in [0, 0.05) is 8.47 Å². The maximum atomic E-state index is 12.3. The lowest BCUT2D eigenvalue weighted by atomic mass is 10.2. The number of halogens is 1. The molecule has 1 N–H and O–H groups in total. The minimum absolute atomic E-state index is 0.121. The molecule has 1 heterocycles. The van der Waals surface area contributed by atoms with Crippen molar-refractivity contribution in [1.82, 2.24) is 4.98 Å². The van der Waals surface area contributed by atoms with Gasteiger partial charge in [0.15, 0.2) is 5.13 Å². The van der Waals surface area contributed by atoms with Crippen molar-refractivity contribution in [2.24, 2.45) is 0 Å². The van der Waals surface area contributed by atoms with E-state index in [1.807, 2.05) is 42.7 Å². The fraction of sp³-hybridized carbons (Fsp3) is 0.0667. The van der Waals surface area contributed by atoms with E-state index < -0.39 is 0 Å². The molecular weight excluding hydrogens is 415 g/mol. The second-order valence-electron chi connectivity index (χ2n) is 4.29. The van der Waals surface area contributed by atoms with Crippen LogP contribution >= 0.6 is 45.7 Å². The fourth-order valence-corrected chi connectivity index (χ4v) is 3.94. The Hall–Kier alpha value is -1.12. The lowest BCUT2D eigenvalue weighted by Crippen LogP contribution is -2.12. The maximum absolute atomic E-state index is 12.3. The zero-order valence-corrected chi connectivity index (χ0v) is 14.9. The number of fused-ring (bicyclic) bond motifs is 1. The van der Waals surface area contributed by atoms with Crippen molar-refractivity contribution < 1.29 is 4.79 Å². The monoisotopic (exact) mass is 426 g/mol. The summed E-state index contributed by atoms with van der Waals surface area (Å²) in [6.07, 6.45) is 2.04. The van der Waals surface area contributed by atoms with Crippen molar-refractivity contribution in [2.45, 2.75) is 4.90 Å². The summed E-state index contributed by atoms with van der Waals surface area (Å²) in [7, 11) is 0. The number of thiazole rings is 1. The molecule has 0 unspecified atom stereocenters. The molecule has 0 bridgehead atoms. The fourth-order valence-electron chi connectivity index (χ4n) is 1.90. The Bertz CT molecular complexity index is 816. The number of nitrogens with one attached hydrogen (secondary N) is 1. The molecule has 0 fully saturated rings. The molecule has 0 saturated heterocycles. The molecule has 0 saturated carbocycles. The van der Waals surface area contributed by atoms with Gasteiger partial charge in [0.05, 0.1) is 15.8 Å². The molecule has 3 rings (SSSR count). The SMILES string of the molecule is CSc1ccc2nc(NC(=O)c3ccccc3I)sc2c1. The van der Waals surface area contributed by atoms with E-state index in [4.69, 9.17) is 0 Å². The van der Waals surface area contributed by atoms with Crippen LogP contribution in [0.25, 0.3) is 10.2 Å². The number of benzene rings is 2. The number of hydrogen-bond donors (Lipinski definition) is 1. The van der Waals surface area contributed by atoms with Crippen LogP contribution in [-0.2, 0) is 0 Å². The molecule has 21 heavy (non-hydrogen) atoms. The van der Waals surface area contributed by atoms with Crippen LogP contribution in [0, 0.1) is 3.57 Å². The molecule has 1 aromatic heterocycles. The molecule has 1 amide bonds. The maximum Gasteiger partial charge on any atom is 0.258 e. The molecule has 6 heteroatoms. The highest BCUT2D eigenvalue weighted by molar-refractivity contribution is 14.1. The zero-order valence-electron chi connectivity index (χ0n) is 11.1. The highest BCUT2D eigenvalue weighted by atomic mass is 127. The quantitative estimate of drug-likeness (QED) is 0.480. The third-order valence-electron chi connectivity index (χ3n) is 2.93. The Balaban J connectivity index is 1.88. The highest BCUT2D eigenvalue weighted by Crippen LogP contribution is 2.29. The van der Waals surface area contributed by atoms with E-state index >= 15 is 0 Å². The van der Waals surface area contributed by atoms with Gasteiger partial charge in [0.25, 0.3) is 5.91 Å². The lowest BCUT2D eigenvalue weighted by Gasteiger charge is -2.03. The summed E-state index contributed by atoms with van der Waals surface area (Å²) in [5.74, 6) is -0.121. The smallest absolute Gasteiger partial charge is 0.258 e. The van der Waals surface area contributed by atoms with Gasteiger partial charge < -0.3 is 0 Å². The standard InChI is InChI=1S/C15H11IN2OS2/c1-20-9-6-7-12-13(8-9)21-15(17-12)18-14(19)10-4-2-3-5-11(10)16/h2-8H,1H3,(H,17,18,19). The average Bonchev–Trinajstić information content (AvgIpc) is 2.88. The van der Waals surface area contributed by atoms with Crippen LogP contribution in [0.2, 0.25) is 0 Å². The van der Waals surface area contributed by atoms with E-state index in [0.717, 1.165) is 13.8 Å². The summed E-state index contributed by atoms with van der Waals surface area (Å²) >= 11 is 5.35. The summed E-state index contributed by atoms with van der Waals surface area (Å²) in [4.78, 5) is 17.9. The summed E-state index contributed by atoms with van der Waals surface area (Å²) in [6, 6.07) is 13.6. The number of thioether (sulfide) groups is 1. The molecule has 3 nitrogen and oxygen atoms in total. The van der Waals surface area contributed by atoms with Gasteiger partial charge in [-0.3, -0.25) is 10.1 Å². The highest BCUT2D eigenvalue weighted by Gasteiger charge is 2.12. The van der Waals surface area contributed by atoms with Crippen LogP contribution in [0.1, 0.15) is 10.4 Å². The van der Waals surface area contributed by atoms with Crippen LogP contribution in [-0.4, -0.2) is 17.1 Å². The number of anilines is 1. The molecular formula is C15H11IN2OS2. The average molecular weight is 426 g/mol. The summed E-state index contributed by atoms with van der Waals surface area (Å²) in [6.45, 7) is 0. The topological polar surface area (TPSA) is 42.0 Å². The third-order valence-corrected chi connectivity index (χ3v) is 5.53. The van der Waals surface area contributed by atoms with Crippen LogP contribution in [0.5, 0.6) is 0 Å². The first kappa shape index (κ1) is 14.8. The molecule has 0 aliphatic heterocycles. The van der Waals surface area contributed by atoms with Gasteiger partial charge in [-0.2, -0.15) is 0 Å². The van der Waals surface area contributed by atoms with Gasteiger partial charge in [-0.25, -0.2) is 4.98 Å². The van der Waals surface area contributed by atoms with Crippen molar-refractivity contribution in [3.63, 3.8) is 0 Å². The first-order valence-electron chi connectivity index (χ1n) is 6.18. The number of hydrogen-bond acceptors (Lipinski definition) is 4. The predicted molar refractivity (Wildman–Crippen MR) is 98.5 cm³/mol. The van der Waals surface area contributed by atoms with Crippen molar-refractivity contribution in [3.8, 4) is 0 Å².